The first kappa shape index (κ1) is 23.2. The van der Waals surface area contributed by atoms with Crippen LogP contribution >= 0.6 is 11.6 Å². The van der Waals surface area contributed by atoms with Crippen molar-refractivity contribution in [3.63, 3.8) is 0 Å². The minimum absolute atomic E-state index is 0.00197. The van der Waals surface area contributed by atoms with Crippen molar-refractivity contribution < 1.29 is 18.0 Å². The average Bonchev–Trinajstić information content (AvgIpc) is 3.06. The Morgan fingerprint density at radius 1 is 1.25 bits per heavy atom. The molecule has 0 aliphatic carbocycles. The highest BCUT2D eigenvalue weighted by Crippen LogP contribution is 2.31. The summed E-state index contributed by atoms with van der Waals surface area (Å²) in [5.41, 5.74) is 7.49. The molecule has 1 aromatic heterocycles. The lowest BCUT2D eigenvalue weighted by atomic mass is 10.1. The highest BCUT2D eigenvalue weighted by molar-refractivity contribution is 6.33. The van der Waals surface area contributed by atoms with E-state index in [9.17, 15) is 18.0 Å². The largest absolute Gasteiger partial charge is 0.416 e. The number of carbonyl (C=O) groups is 1. The van der Waals surface area contributed by atoms with Crippen LogP contribution in [0.1, 0.15) is 27.2 Å². The number of alkyl halides is 3. The molecule has 7 nitrogen and oxygen atoms in total. The predicted octanol–water partition coefficient (Wildman–Crippen LogP) is 4.29. The minimum Gasteiger partial charge on any atom is -0.397 e. The van der Waals surface area contributed by atoms with Crippen LogP contribution in [0.25, 0.3) is 5.70 Å². The van der Waals surface area contributed by atoms with Gasteiger partial charge in [-0.1, -0.05) is 17.7 Å². The Balaban J connectivity index is 1.84. The summed E-state index contributed by atoms with van der Waals surface area (Å²) < 4.78 is 40.4. The molecule has 1 heterocycles. The second kappa shape index (κ2) is 8.93. The predicted molar refractivity (Wildman–Crippen MR) is 118 cm³/mol. The Bertz CT molecular complexity index is 1190. The number of aryl methyl sites for hydroxylation is 1. The number of halogens is 4. The molecule has 0 bridgehead atoms. The normalized spacial score (nSPS) is 12.0. The Morgan fingerprint density at radius 3 is 2.59 bits per heavy atom. The van der Waals surface area contributed by atoms with Crippen LogP contribution in [0.15, 0.2) is 54.9 Å². The number of hydrogen-bond acceptors (Lipinski definition) is 5. The van der Waals surface area contributed by atoms with Crippen LogP contribution < -0.4 is 21.9 Å². The molecule has 0 atom stereocenters. The lowest BCUT2D eigenvalue weighted by Gasteiger charge is -2.18. The fourth-order valence-electron chi connectivity index (χ4n) is 2.90. The quantitative estimate of drug-likeness (QED) is 0.386. The maximum absolute atomic E-state index is 12.9. The Morgan fingerprint density at radius 2 is 1.97 bits per heavy atom. The van der Waals surface area contributed by atoms with Gasteiger partial charge in [0.15, 0.2) is 0 Å². The lowest BCUT2D eigenvalue weighted by Crippen LogP contribution is -2.26. The number of nitrogens with zero attached hydrogens (tertiary/aromatic N) is 3. The monoisotopic (exact) mass is 464 g/mol. The van der Waals surface area contributed by atoms with Crippen molar-refractivity contribution >= 4 is 34.6 Å². The fourth-order valence-corrected chi connectivity index (χ4v) is 3.11. The van der Waals surface area contributed by atoms with Gasteiger partial charge < -0.3 is 11.1 Å². The van der Waals surface area contributed by atoms with Gasteiger partial charge in [-0.25, -0.2) is 5.84 Å². The summed E-state index contributed by atoms with van der Waals surface area (Å²) in [6, 6.07) is 8.64. The summed E-state index contributed by atoms with van der Waals surface area (Å²) >= 11 is 6.23. The number of nitrogens with one attached hydrogen (secondary N) is 1. The SMILES string of the molecule is Cc1c(/C(N)=C/N(N)c2cc(C(=O)Nc3cccc(C(F)(F)F)c3)ccc2Cl)cnn1C. The summed E-state index contributed by atoms with van der Waals surface area (Å²) in [6.07, 6.45) is -1.50. The van der Waals surface area contributed by atoms with Crippen LogP contribution in [0.5, 0.6) is 0 Å². The highest BCUT2D eigenvalue weighted by Gasteiger charge is 2.30. The van der Waals surface area contributed by atoms with Crippen molar-refractivity contribution in [2.24, 2.45) is 18.6 Å². The molecule has 3 rings (SSSR count). The second-order valence-corrected chi connectivity index (χ2v) is 7.37. The Hall–Kier alpha value is -3.50. The van der Waals surface area contributed by atoms with E-state index in [0.717, 1.165) is 22.8 Å². The number of nitrogens with two attached hydrogens (primary N) is 2. The van der Waals surface area contributed by atoms with Gasteiger partial charge in [-0.05, 0) is 43.3 Å². The number of anilines is 2. The molecule has 0 saturated carbocycles. The van der Waals surface area contributed by atoms with Crippen molar-refractivity contribution in [2.75, 3.05) is 10.3 Å². The van der Waals surface area contributed by atoms with Crippen LogP contribution in [0.2, 0.25) is 5.02 Å². The van der Waals surface area contributed by atoms with Gasteiger partial charge in [0.05, 0.1) is 28.2 Å². The van der Waals surface area contributed by atoms with Crippen LogP contribution in [0.3, 0.4) is 0 Å². The summed E-state index contributed by atoms with van der Waals surface area (Å²) in [5.74, 6) is 5.46. The topological polar surface area (TPSA) is 102 Å². The third-order valence-corrected chi connectivity index (χ3v) is 5.08. The molecule has 32 heavy (non-hydrogen) atoms. The third-order valence-electron chi connectivity index (χ3n) is 4.76. The molecule has 5 N–H and O–H groups in total. The highest BCUT2D eigenvalue weighted by atomic mass is 35.5. The van der Waals surface area contributed by atoms with Gasteiger partial charge in [-0.3, -0.25) is 14.5 Å². The standard InChI is InChI=1S/C21H20ClF3N6O/c1-12-16(10-28-30(12)2)18(26)11-31(27)19-8-13(6-7-17(19)22)20(32)29-15-5-3-4-14(9-15)21(23,24)25/h3-11H,26-27H2,1-2H3,(H,29,32)/b18-11-. The molecule has 0 unspecified atom stereocenters. The van der Waals surface area contributed by atoms with E-state index in [2.05, 4.69) is 10.4 Å². The molecule has 168 valence electrons. The Kier molecular flexibility index (Phi) is 6.47. The molecule has 3 aromatic rings. The van der Waals surface area contributed by atoms with Gasteiger partial charge in [0, 0.05) is 35.8 Å². The number of hydrazine groups is 1. The summed E-state index contributed by atoms with van der Waals surface area (Å²) in [5, 5.41) is 7.96. The molecule has 0 saturated heterocycles. The van der Waals surface area contributed by atoms with Gasteiger partial charge in [0.2, 0.25) is 0 Å². The van der Waals surface area contributed by atoms with E-state index in [4.69, 9.17) is 23.2 Å². The number of carbonyl (C=O) groups excluding carboxylic acids is 1. The first-order valence-corrected chi connectivity index (χ1v) is 9.63. The van der Waals surface area contributed by atoms with E-state index < -0.39 is 17.6 Å². The molecule has 0 aliphatic heterocycles. The maximum Gasteiger partial charge on any atom is 0.416 e. The zero-order chi connectivity index (χ0) is 23.6. The van der Waals surface area contributed by atoms with E-state index in [0.29, 0.717) is 11.3 Å². The number of hydrogen-bond donors (Lipinski definition) is 3. The maximum atomic E-state index is 12.9. The van der Waals surface area contributed by atoms with Gasteiger partial charge in [-0.15, -0.1) is 0 Å². The van der Waals surface area contributed by atoms with Crippen molar-refractivity contribution in [2.45, 2.75) is 13.1 Å². The molecule has 0 radical (unpaired) electrons. The minimum atomic E-state index is -4.52. The smallest absolute Gasteiger partial charge is 0.397 e. The molecular weight excluding hydrogens is 445 g/mol. The van der Waals surface area contributed by atoms with Gasteiger partial charge in [-0.2, -0.15) is 18.3 Å². The molecular formula is C21H20ClF3N6O. The van der Waals surface area contributed by atoms with Crippen molar-refractivity contribution in [3.05, 3.63) is 82.3 Å². The number of benzene rings is 2. The van der Waals surface area contributed by atoms with Crippen LogP contribution in [-0.2, 0) is 13.2 Å². The zero-order valence-corrected chi connectivity index (χ0v) is 17.9. The number of aromatic nitrogens is 2. The van der Waals surface area contributed by atoms with Crippen LogP contribution in [0, 0.1) is 6.92 Å². The van der Waals surface area contributed by atoms with E-state index in [-0.39, 0.29) is 22.0 Å². The molecule has 11 heteroatoms. The third kappa shape index (κ3) is 5.04. The fraction of sp³-hybridized carbons (Fsp3) is 0.143. The van der Waals surface area contributed by atoms with Crippen LogP contribution in [0.4, 0.5) is 24.5 Å². The molecule has 0 fully saturated rings. The molecule has 1 amide bonds. The van der Waals surface area contributed by atoms with Crippen molar-refractivity contribution in [1.82, 2.24) is 9.78 Å². The zero-order valence-electron chi connectivity index (χ0n) is 17.1. The van der Waals surface area contributed by atoms with E-state index in [1.54, 1.807) is 17.9 Å². The van der Waals surface area contributed by atoms with Crippen molar-refractivity contribution in [3.8, 4) is 0 Å². The molecule has 0 spiro atoms. The summed E-state index contributed by atoms with van der Waals surface area (Å²) in [6.45, 7) is 1.84. The lowest BCUT2D eigenvalue weighted by molar-refractivity contribution is -0.137. The first-order valence-electron chi connectivity index (χ1n) is 9.25. The number of amides is 1. The van der Waals surface area contributed by atoms with E-state index in [1.165, 1.54) is 36.5 Å². The molecule has 0 aliphatic rings. The van der Waals surface area contributed by atoms with Gasteiger partial charge in [0.1, 0.15) is 0 Å². The van der Waals surface area contributed by atoms with Crippen molar-refractivity contribution in [1.29, 1.82) is 0 Å². The van der Waals surface area contributed by atoms with E-state index in [1.807, 2.05) is 6.92 Å². The second-order valence-electron chi connectivity index (χ2n) is 6.96. The van der Waals surface area contributed by atoms with Gasteiger partial charge in [0.25, 0.3) is 5.91 Å². The van der Waals surface area contributed by atoms with Gasteiger partial charge >= 0.3 is 6.18 Å². The van der Waals surface area contributed by atoms with Crippen LogP contribution in [-0.4, -0.2) is 15.7 Å². The molecule has 2 aromatic carbocycles. The number of rotatable bonds is 5. The average molecular weight is 465 g/mol. The Labute approximate surface area is 187 Å². The summed E-state index contributed by atoms with van der Waals surface area (Å²) in [7, 11) is 1.77. The first-order chi connectivity index (χ1) is 15.0. The summed E-state index contributed by atoms with van der Waals surface area (Å²) in [4.78, 5) is 12.6. The van der Waals surface area contributed by atoms with E-state index >= 15 is 0 Å².